The van der Waals surface area contributed by atoms with Crippen LogP contribution >= 0.6 is 11.6 Å². The first-order valence-electron chi connectivity index (χ1n) is 7.19. The number of aromatic nitrogens is 2. The number of nitrogens with zero attached hydrogens (tertiary/aromatic N) is 2. The van der Waals surface area contributed by atoms with Crippen molar-refractivity contribution in [2.75, 3.05) is 0 Å². The van der Waals surface area contributed by atoms with Crippen molar-refractivity contribution < 1.29 is 13.9 Å². The van der Waals surface area contributed by atoms with Crippen LogP contribution in [0, 0.1) is 0 Å². The van der Waals surface area contributed by atoms with Crippen LogP contribution in [0.5, 0.6) is 0 Å². The van der Waals surface area contributed by atoms with E-state index in [-0.39, 0.29) is 12.5 Å². The van der Waals surface area contributed by atoms with Gasteiger partial charge in [0.1, 0.15) is 0 Å². The molecule has 0 unspecified atom stereocenters. The molecule has 24 heavy (non-hydrogen) atoms. The van der Waals surface area contributed by atoms with Crippen molar-refractivity contribution in [3.63, 3.8) is 0 Å². The lowest BCUT2D eigenvalue weighted by atomic mass is 10.2. The number of benzene rings is 2. The van der Waals surface area contributed by atoms with E-state index < -0.39 is 5.97 Å². The van der Waals surface area contributed by atoms with E-state index in [2.05, 4.69) is 10.2 Å². The van der Waals surface area contributed by atoms with Crippen LogP contribution in [0.25, 0.3) is 17.5 Å². The van der Waals surface area contributed by atoms with Gasteiger partial charge in [0.15, 0.2) is 6.61 Å². The fourth-order valence-electron chi connectivity index (χ4n) is 1.93. The van der Waals surface area contributed by atoms with Gasteiger partial charge in [0.2, 0.25) is 5.89 Å². The molecule has 0 amide bonds. The molecule has 0 saturated heterocycles. The van der Waals surface area contributed by atoms with Gasteiger partial charge in [-0.15, -0.1) is 10.2 Å². The third-order valence-electron chi connectivity index (χ3n) is 3.11. The Morgan fingerprint density at radius 1 is 1.08 bits per heavy atom. The Bertz CT molecular complexity index is 842. The maximum Gasteiger partial charge on any atom is 0.331 e. The number of carbonyl (C=O) groups excluding carboxylic acids is 1. The van der Waals surface area contributed by atoms with E-state index in [1.165, 1.54) is 6.08 Å². The molecule has 0 aliphatic rings. The molecular formula is C18H13ClN2O3. The normalized spacial score (nSPS) is 10.9. The first kappa shape index (κ1) is 16.0. The van der Waals surface area contributed by atoms with Crippen LogP contribution in [0.3, 0.4) is 0 Å². The number of rotatable bonds is 5. The SMILES string of the molecule is O=C(C=Cc1ccc(Cl)cc1)OCc1nnc(-c2ccccc2)o1. The second-order valence-electron chi connectivity index (χ2n) is 4.86. The lowest BCUT2D eigenvalue weighted by molar-refractivity contribution is -0.139. The van der Waals surface area contributed by atoms with Crippen molar-refractivity contribution in [2.24, 2.45) is 0 Å². The van der Waals surface area contributed by atoms with Crippen LogP contribution in [0.1, 0.15) is 11.5 Å². The third-order valence-corrected chi connectivity index (χ3v) is 3.36. The zero-order chi connectivity index (χ0) is 16.8. The summed E-state index contributed by atoms with van der Waals surface area (Å²) in [5, 5.41) is 8.43. The minimum absolute atomic E-state index is 0.0797. The number of carbonyl (C=O) groups is 1. The molecule has 120 valence electrons. The Morgan fingerprint density at radius 3 is 2.58 bits per heavy atom. The molecule has 0 aliphatic carbocycles. The molecule has 2 aromatic carbocycles. The lowest BCUT2D eigenvalue weighted by Gasteiger charge is -1.97. The number of hydrogen-bond acceptors (Lipinski definition) is 5. The number of ether oxygens (including phenoxy) is 1. The van der Waals surface area contributed by atoms with Gasteiger partial charge in [-0.2, -0.15) is 0 Å². The maximum absolute atomic E-state index is 11.7. The van der Waals surface area contributed by atoms with Gasteiger partial charge in [-0.05, 0) is 35.9 Å². The summed E-state index contributed by atoms with van der Waals surface area (Å²) in [4.78, 5) is 11.7. The zero-order valence-corrected chi connectivity index (χ0v) is 13.3. The Labute approximate surface area is 143 Å². The molecule has 0 atom stereocenters. The van der Waals surface area contributed by atoms with Gasteiger partial charge in [0.25, 0.3) is 5.89 Å². The molecule has 0 fully saturated rings. The lowest BCUT2D eigenvalue weighted by Crippen LogP contribution is -2.00. The molecule has 0 N–H and O–H groups in total. The predicted octanol–water partition coefficient (Wildman–Crippen LogP) is 4.15. The summed E-state index contributed by atoms with van der Waals surface area (Å²) in [6.07, 6.45) is 2.97. The molecule has 0 radical (unpaired) electrons. The van der Waals surface area contributed by atoms with Gasteiger partial charge >= 0.3 is 5.97 Å². The molecule has 0 aliphatic heterocycles. The highest BCUT2D eigenvalue weighted by Gasteiger charge is 2.09. The quantitative estimate of drug-likeness (QED) is 0.515. The highest BCUT2D eigenvalue weighted by molar-refractivity contribution is 6.30. The van der Waals surface area contributed by atoms with Gasteiger partial charge in [-0.25, -0.2) is 4.79 Å². The highest BCUT2D eigenvalue weighted by atomic mass is 35.5. The van der Waals surface area contributed by atoms with E-state index in [4.69, 9.17) is 20.8 Å². The van der Waals surface area contributed by atoms with E-state index >= 15 is 0 Å². The Morgan fingerprint density at radius 2 is 1.83 bits per heavy atom. The molecule has 0 saturated carbocycles. The van der Waals surface area contributed by atoms with Crippen LogP contribution in [-0.2, 0) is 16.1 Å². The minimum Gasteiger partial charge on any atom is -0.452 e. The summed E-state index contributed by atoms with van der Waals surface area (Å²) in [6.45, 7) is -0.0797. The van der Waals surface area contributed by atoms with Gasteiger partial charge in [0.05, 0.1) is 0 Å². The number of halogens is 1. The Kier molecular flexibility index (Phi) is 5.03. The molecule has 1 heterocycles. The molecule has 3 rings (SSSR count). The van der Waals surface area contributed by atoms with E-state index in [0.717, 1.165) is 11.1 Å². The molecular weight excluding hydrogens is 328 g/mol. The summed E-state index contributed by atoms with van der Waals surface area (Å²) in [6, 6.07) is 16.5. The van der Waals surface area contributed by atoms with Crippen molar-refractivity contribution >= 4 is 23.6 Å². The zero-order valence-electron chi connectivity index (χ0n) is 12.6. The molecule has 0 bridgehead atoms. The Balaban J connectivity index is 1.55. The monoisotopic (exact) mass is 340 g/mol. The summed E-state index contributed by atoms with van der Waals surface area (Å²) in [5.74, 6) is 0.130. The fourth-order valence-corrected chi connectivity index (χ4v) is 2.05. The van der Waals surface area contributed by atoms with Crippen LogP contribution in [0.4, 0.5) is 0 Å². The third kappa shape index (κ3) is 4.30. The summed E-state index contributed by atoms with van der Waals surface area (Å²) < 4.78 is 10.5. The number of esters is 1. The largest absolute Gasteiger partial charge is 0.452 e. The first-order chi connectivity index (χ1) is 11.7. The van der Waals surface area contributed by atoms with Crippen molar-refractivity contribution in [3.05, 3.63) is 77.2 Å². The maximum atomic E-state index is 11.7. The second-order valence-corrected chi connectivity index (χ2v) is 5.30. The molecule has 1 aromatic heterocycles. The van der Waals surface area contributed by atoms with Crippen LogP contribution in [0.2, 0.25) is 5.02 Å². The van der Waals surface area contributed by atoms with Gasteiger partial charge in [-0.1, -0.05) is 41.9 Å². The van der Waals surface area contributed by atoms with Crippen molar-refractivity contribution in [2.45, 2.75) is 6.61 Å². The summed E-state index contributed by atoms with van der Waals surface area (Å²) >= 11 is 5.80. The topological polar surface area (TPSA) is 65.2 Å². The standard InChI is InChI=1S/C18H13ClN2O3/c19-15-9-6-13(7-10-15)8-11-17(22)23-12-16-20-21-18(24-16)14-4-2-1-3-5-14/h1-11H,12H2. The molecule has 6 heteroatoms. The van der Waals surface area contributed by atoms with Crippen LogP contribution in [0.15, 0.2) is 65.1 Å². The minimum atomic E-state index is -0.496. The highest BCUT2D eigenvalue weighted by Crippen LogP contribution is 2.17. The fraction of sp³-hybridized carbons (Fsp3) is 0.0556. The van der Waals surface area contributed by atoms with E-state index in [9.17, 15) is 4.79 Å². The first-order valence-corrected chi connectivity index (χ1v) is 7.57. The van der Waals surface area contributed by atoms with Crippen molar-refractivity contribution in [1.82, 2.24) is 10.2 Å². The van der Waals surface area contributed by atoms with E-state index in [1.54, 1.807) is 30.3 Å². The van der Waals surface area contributed by atoms with E-state index in [1.807, 2.05) is 30.3 Å². The molecule has 0 spiro atoms. The van der Waals surface area contributed by atoms with Gasteiger partial charge in [0, 0.05) is 16.7 Å². The number of hydrogen-bond donors (Lipinski definition) is 0. The van der Waals surface area contributed by atoms with Gasteiger partial charge < -0.3 is 9.15 Å². The smallest absolute Gasteiger partial charge is 0.331 e. The molecule has 3 aromatic rings. The average molecular weight is 341 g/mol. The van der Waals surface area contributed by atoms with Gasteiger partial charge in [-0.3, -0.25) is 0 Å². The van der Waals surface area contributed by atoms with E-state index in [0.29, 0.717) is 10.9 Å². The Hall–Kier alpha value is -2.92. The second kappa shape index (κ2) is 7.57. The van der Waals surface area contributed by atoms with Crippen LogP contribution in [-0.4, -0.2) is 16.2 Å². The predicted molar refractivity (Wildman–Crippen MR) is 90.0 cm³/mol. The summed E-state index contributed by atoms with van der Waals surface area (Å²) in [7, 11) is 0. The average Bonchev–Trinajstić information content (AvgIpc) is 3.09. The van der Waals surface area contributed by atoms with Crippen LogP contribution < -0.4 is 0 Å². The molecule has 5 nitrogen and oxygen atoms in total. The van der Waals surface area contributed by atoms with Crippen molar-refractivity contribution in [3.8, 4) is 11.5 Å². The van der Waals surface area contributed by atoms with Crippen molar-refractivity contribution in [1.29, 1.82) is 0 Å². The summed E-state index contributed by atoms with van der Waals surface area (Å²) in [5.41, 5.74) is 1.66.